The van der Waals surface area contributed by atoms with Crippen molar-refractivity contribution in [1.29, 1.82) is 0 Å². The zero-order valence-electron chi connectivity index (χ0n) is 13.6. The fourth-order valence-electron chi connectivity index (χ4n) is 2.70. The minimum absolute atomic E-state index is 0.0657. The van der Waals surface area contributed by atoms with Gasteiger partial charge >= 0.3 is 0 Å². The molecule has 1 aliphatic carbocycles. The van der Waals surface area contributed by atoms with Gasteiger partial charge in [-0.05, 0) is 51.6 Å². The summed E-state index contributed by atoms with van der Waals surface area (Å²) in [4.78, 5) is 2.42. The molecule has 1 unspecified atom stereocenters. The summed E-state index contributed by atoms with van der Waals surface area (Å²) in [5.41, 5.74) is 0.311. The van der Waals surface area contributed by atoms with E-state index in [1.807, 2.05) is 0 Å². The maximum Gasteiger partial charge on any atom is 0.0610 e. The SMILES string of the molecule is CN(CCCCC(C)(CO)NC1CC1)CC(C)(C)C. The summed E-state index contributed by atoms with van der Waals surface area (Å²) in [5, 5.41) is 13.1. The number of hydrogen-bond acceptors (Lipinski definition) is 3. The molecule has 114 valence electrons. The van der Waals surface area contributed by atoms with Crippen LogP contribution >= 0.6 is 0 Å². The molecule has 0 amide bonds. The van der Waals surface area contributed by atoms with Crippen LogP contribution in [-0.4, -0.2) is 48.3 Å². The molecule has 0 aromatic carbocycles. The van der Waals surface area contributed by atoms with Crippen molar-refractivity contribution < 1.29 is 5.11 Å². The molecule has 1 fully saturated rings. The molecule has 0 saturated heterocycles. The van der Waals surface area contributed by atoms with Crippen molar-refractivity contribution in [2.45, 2.75) is 71.4 Å². The van der Waals surface area contributed by atoms with Crippen LogP contribution < -0.4 is 5.32 Å². The first-order valence-corrected chi connectivity index (χ1v) is 7.81. The van der Waals surface area contributed by atoms with Gasteiger partial charge < -0.3 is 15.3 Å². The van der Waals surface area contributed by atoms with Crippen LogP contribution in [0.1, 0.15) is 59.8 Å². The highest BCUT2D eigenvalue weighted by atomic mass is 16.3. The minimum atomic E-state index is -0.0657. The van der Waals surface area contributed by atoms with E-state index in [-0.39, 0.29) is 12.1 Å². The Labute approximate surface area is 119 Å². The maximum absolute atomic E-state index is 9.55. The highest BCUT2D eigenvalue weighted by Gasteiger charge is 2.31. The quantitative estimate of drug-likeness (QED) is 0.632. The molecule has 19 heavy (non-hydrogen) atoms. The molecular weight excluding hydrogens is 236 g/mol. The molecule has 0 heterocycles. The van der Waals surface area contributed by atoms with Crippen LogP contribution in [0.15, 0.2) is 0 Å². The average molecular weight is 270 g/mol. The summed E-state index contributed by atoms with van der Waals surface area (Å²) in [6.07, 6.45) is 6.04. The van der Waals surface area contributed by atoms with E-state index in [1.54, 1.807) is 0 Å². The van der Waals surface area contributed by atoms with Crippen molar-refractivity contribution in [2.24, 2.45) is 5.41 Å². The second kappa shape index (κ2) is 7.05. The van der Waals surface area contributed by atoms with Gasteiger partial charge in [0, 0.05) is 18.1 Å². The van der Waals surface area contributed by atoms with Crippen molar-refractivity contribution in [3.8, 4) is 0 Å². The van der Waals surface area contributed by atoms with E-state index < -0.39 is 0 Å². The van der Waals surface area contributed by atoms with Crippen LogP contribution in [0.2, 0.25) is 0 Å². The van der Waals surface area contributed by atoms with Crippen LogP contribution in [0.4, 0.5) is 0 Å². The summed E-state index contributed by atoms with van der Waals surface area (Å²) in [6, 6.07) is 0.667. The fraction of sp³-hybridized carbons (Fsp3) is 1.00. The van der Waals surface area contributed by atoms with E-state index in [9.17, 15) is 5.11 Å². The van der Waals surface area contributed by atoms with Gasteiger partial charge in [-0.1, -0.05) is 27.2 Å². The van der Waals surface area contributed by atoms with Crippen LogP contribution in [0.5, 0.6) is 0 Å². The van der Waals surface area contributed by atoms with Gasteiger partial charge in [0.1, 0.15) is 0 Å². The van der Waals surface area contributed by atoms with Gasteiger partial charge in [-0.15, -0.1) is 0 Å². The molecule has 1 aliphatic rings. The second-order valence-electron chi connectivity index (χ2n) is 7.89. The summed E-state index contributed by atoms with van der Waals surface area (Å²) < 4.78 is 0. The maximum atomic E-state index is 9.55. The molecule has 1 saturated carbocycles. The Bertz CT molecular complexity index is 258. The molecule has 2 N–H and O–H groups in total. The summed E-state index contributed by atoms with van der Waals surface area (Å²) in [6.45, 7) is 11.6. The lowest BCUT2D eigenvalue weighted by Crippen LogP contribution is -2.47. The third-order valence-electron chi connectivity index (χ3n) is 3.74. The van der Waals surface area contributed by atoms with E-state index in [4.69, 9.17) is 0 Å². The molecule has 3 nitrogen and oxygen atoms in total. The van der Waals surface area contributed by atoms with Crippen LogP contribution in [0.3, 0.4) is 0 Å². The standard InChI is InChI=1S/C16H34N2O/c1-15(2,3)12-18(5)11-7-6-10-16(4,13-19)17-14-8-9-14/h14,17,19H,6-13H2,1-5H3. The van der Waals surface area contributed by atoms with E-state index in [1.165, 1.54) is 25.7 Å². The van der Waals surface area contributed by atoms with Gasteiger partial charge in [-0.25, -0.2) is 0 Å². The highest BCUT2D eigenvalue weighted by Crippen LogP contribution is 2.25. The average Bonchev–Trinajstić information content (AvgIpc) is 3.06. The Morgan fingerprint density at radius 3 is 2.26 bits per heavy atom. The minimum Gasteiger partial charge on any atom is -0.394 e. The third kappa shape index (κ3) is 7.91. The zero-order chi connectivity index (χ0) is 14.5. The monoisotopic (exact) mass is 270 g/mol. The molecule has 0 aromatic rings. The van der Waals surface area contributed by atoms with Gasteiger partial charge in [-0.3, -0.25) is 0 Å². The first kappa shape index (κ1) is 16.9. The smallest absolute Gasteiger partial charge is 0.0610 e. The van der Waals surface area contributed by atoms with Crippen molar-refractivity contribution in [3.05, 3.63) is 0 Å². The van der Waals surface area contributed by atoms with Crippen LogP contribution in [0.25, 0.3) is 0 Å². The first-order valence-electron chi connectivity index (χ1n) is 7.81. The van der Waals surface area contributed by atoms with Gasteiger partial charge in [0.05, 0.1) is 6.61 Å². The number of nitrogens with one attached hydrogen (secondary N) is 1. The number of aliphatic hydroxyl groups is 1. The fourth-order valence-corrected chi connectivity index (χ4v) is 2.70. The molecule has 0 bridgehead atoms. The molecule has 0 radical (unpaired) electrons. The van der Waals surface area contributed by atoms with E-state index in [0.29, 0.717) is 11.5 Å². The molecule has 0 spiro atoms. The van der Waals surface area contributed by atoms with Gasteiger partial charge in [0.25, 0.3) is 0 Å². The van der Waals surface area contributed by atoms with Crippen LogP contribution in [-0.2, 0) is 0 Å². The Morgan fingerprint density at radius 2 is 1.79 bits per heavy atom. The van der Waals surface area contributed by atoms with Gasteiger partial charge in [-0.2, -0.15) is 0 Å². The molecule has 3 heteroatoms. The first-order chi connectivity index (χ1) is 8.74. The summed E-state index contributed by atoms with van der Waals surface area (Å²) >= 11 is 0. The largest absolute Gasteiger partial charge is 0.394 e. The Kier molecular flexibility index (Phi) is 6.28. The lowest BCUT2D eigenvalue weighted by molar-refractivity contribution is 0.158. The van der Waals surface area contributed by atoms with Crippen molar-refractivity contribution in [2.75, 3.05) is 26.7 Å². The molecule has 0 aromatic heterocycles. The number of rotatable bonds is 9. The van der Waals surface area contributed by atoms with Crippen molar-refractivity contribution >= 4 is 0 Å². The Balaban J connectivity index is 2.14. The zero-order valence-corrected chi connectivity index (χ0v) is 13.6. The van der Waals surface area contributed by atoms with E-state index in [0.717, 1.165) is 19.5 Å². The predicted molar refractivity (Wildman–Crippen MR) is 82.5 cm³/mol. The molecular formula is C16H34N2O. The normalized spacial score (nSPS) is 19.7. The van der Waals surface area contributed by atoms with E-state index in [2.05, 4.69) is 45.0 Å². The molecule has 1 rings (SSSR count). The van der Waals surface area contributed by atoms with Gasteiger partial charge in [0.2, 0.25) is 0 Å². The predicted octanol–water partition coefficient (Wildman–Crippen LogP) is 2.64. The van der Waals surface area contributed by atoms with Gasteiger partial charge in [0.15, 0.2) is 0 Å². The topological polar surface area (TPSA) is 35.5 Å². The lowest BCUT2D eigenvalue weighted by Gasteiger charge is -2.30. The highest BCUT2D eigenvalue weighted by molar-refractivity contribution is 4.92. The lowest BCUT2D eigenvalue weighted by atomic mass is 9.94. The summed E-state index contributed by atoms with van der Waals surface area (Å²) in [7, 11) is 2.21. The Morgan fingerprint density at radius 1 is 1.16 bits per heavy atom. The second-order valence-corrected chi connectivity index (χ2v) is 7.89. The Hall–Kier alpha value is -0.120. The third-order valence-corrected chi connectivity index (χ3v) is 3.74. The molecule has 0 aliphatic heterocycles. The van der Waals surface area contributed by atoms with Crippen LogP contribution in [0, 0.1) is 5.41 Å². The summed E-state index contributed by atoms with van der Waals surface area (Å²) in [5.74, 6) is 0. The number of unbranched alkanes of at least 4 members (excludes halogenated alkanes) is 1. The number of hydrogen-bond donors (Lipinski definition) is 2. The number of aliphatic hydroxyl groups excluding tert-OH is 1. The van der Waals surface area contributed by atoms with E-state index >= 15 is 0 Å². The molecule has 1 atom stereocenters. The van der Waals surface area contributed by atoms with Crippen molar-refractivity contribution in [1.82, 2.24) is 10.2 Å². The number of nitrogens with zero attached hydrogens (tertiary/aromatic N) is 1. The van der Waals surface area contributed by atoms with Crippen molar-refractivity contribution in [3.63, 3.8) is 0 Å².